The summed E-state index contributed by atoms with van der Waals surface area (Å²) in [6, 6.07) is 27.0. The van der Waals surface area contributed by atoms with Crippen molar-refractivity contribution < 1.29 is 9.59 Å². The predicted octanol–water partition coefficient (Wildman–Crippen LogP) is 5.38. The highest BCUT2D eigenvalue weighted by atomic mass is 35.5. The number of anilines is 1. The fraction of sp³-hybridized carbons (Fsp3) is 0.160. The van der Waals surface area contributed by atoms with Gasteiger partial charge in [-0.05, 0) is 30.2 Å². The van der Waals surface area contributed by atoms with Crippen molar-refractivity contribution >= 4 is 34.8 Å². The van der Waals surface area contributed by atoms with Crippen LogP contribution in [0, 0.1) is 0 Å². The highest BCUT2D eigenvalue weighted by Crippen LogP contribution is 2.26. The second-order valence-corrected chi connectivity index (χ2v) is 7.48. The number of benzene rings is 3. The van der Waals surface area contributed by atoms with Crippen molar-refractivity contribution in [2.24, 2.45) is 5.10 Å². The van der Waals surface area contributed by atoms with Gasteiger partial charge in [-0.2, -0.15) is 5.10 Å². The standard InChI is InChI=1S/C25H24ClN3O2/c1-18(25(19-10-4-2-5-11-19)20-12-6-3-7-13-20)28-29-24(31)17-16-23(30)27-22-15-9-8-14-21(22)26/h2-15,25H,16-17H2,1H3,(H,27,30)(H,29,31)/b28-18+. The van der Waals surface area contributed by atoms with Crippen LogP contribution in [-0.2, 0) is 9.59 Å². The van der Waals surface area contributed by atoms with Gasteiger partial charge in [0.15, 0.2) is 0 Å². The topological polar surface area (TPSA) is 70.6 Å². The first-order chi connectivity index (χ1) is 15.0. The summed E-state index contributed by atoms with van der Waals surface area (Å²) < 4.78 is 0. The molecule has 0 unspecified atom stereocenters. The van der Waals surface area contributed by atoms with E-state index in [4.69, 9.17) is 11.6 Å². The van der Waals surface area contributed by atoms with Crippen LogP contribution in [-0.4, -0.2) is 17.5 Å². The molecule has 0 aliphatic rings. The number of hydrogen-bond acceptors (Lipinski definition) is 3. The first-order valence-electron chi connectivity index (χ1n) is 10.0. The van der Waals surface area contributed by atoms with E-state index in [0.29, 0.717) is 10.7 Å². The Balaban J connectivity index is 1.60. The summed E-state index contributed by atoms with van der Waals surface area (Å²) in [5.41, 5.74) is 6.03. The Morgan fingerprint density at radius 2 is 1.32 bits per heavy atom. The Labute approximate surface area is 187 Å². The van der Waals surface area contributed by atoms with Gasteiger partial charge >= 0.3 is 0 Å². The predicted molar refractivity (Wildman–Crippen MR) is 125 cm³/mol. The lowest BCUT2D eigenvalue weighted by Crippen LogP contribution is -2.23. The molecule has 3 aromatic rings. The molecule has 0 spiro atoms. The van der Waals surface area contributed by atoms with Gasteiger partial charge in [-0.15, -0.1) is 0 Å². The molecule has 0 radical (unpaired) electrons. The quantitative estimate of drug-likeness (QED) is 0.369. The highest BCUT2D eigenvalue weighted by molar-refractivity contribution is 6.33. The van der Waals surface area contributed by atoms with Crippen molar-refractivity contribution in [3.63, 3.8) is 0 Å². The molecule has 3 aromatic carbocycles. The Hall–Kier alpha value is -3.44. The van der Waals surface area contributed by atoms with Crippen LogP contribution in [0.15, 0.2) is 90.0 Å². The minimum absolute atomic E-state index is 0.0222. The summed E-state index contributed by atoms with van der Waals surface area (Å²) in [6.45, 7) is 1.88. The van der Waals surface area contributed by atoms with Crippen LogP contribution < -0.4 is 10.7 Å². The molecule has 2 amide bonds. The third-order valence-corrected chi connectivity index (χ3v) is 5.10. The lowest BCUT2D eigenvalue weighted by atomic mass is 9.88. The molecule has 0 aliphatic carbocycles. The third kappa shape index (κ3) is 6.52. The van der Waals surface area contributed by atoms with E-state index in [-0.39, 0.29) is 30.6 Å². The van der Waals surface area contributed by atoms with Gasteiger partial charge in [-0.1, -0.05) is 84.4 Å². The monoisotopic (exact) mass is 433 g/mol. The average molecular weight is 434 g/mol. The number of nitrogens with one attached hydrogen (secondary N) is 2. The minimum atomic E-state index is -0.325. The van der Waals surface area contributed by atoms with Crippen LogP contribution in [0.2, 0.25) is 5.02 Å². The maximum absolute atomic E-state index is 12.2. The summed E-state index contributed by atoms with van der Waals surface area (Å²) in [5, 5.41) is 7.47. The molecule has 3 rings (SSSR count). The van der Waals surface area contributed by atoms with E-state index in [1.165, 1.54) is 0 Å². The van der Waals surface area contributed by atoms with Gasteiger partial charge in [-0.25, -0.2) is 5.43 Å². The number of carbonyl (C=O) groups is 2. The van der Waals surface area contributed by atoms with E-state index in [1.807, 2.05) is 67.6 Å². The number of halogens is 1. The van der Waals surface area contributed by atoms with Gasteiger partial charge in [0.1, 0.15) is 0 Å². The molecule has 0 aromatic heterocycles. The van der Waals surface area contributed by atoms with Crippen LogP contribution in [0.3, 0.4) is 0 Å². The Kier molecular flexibility index (Phi) is 7.96. The molecular weight excluding hydrogens is 410 g/mol. The second-order valence-electron chi connectivity index (χ2n) is 7.07. The molecule has 0 atom stereocenters. The van der Waals surface area contributed by atoms with Crippen molar-refractivity contribution in [2.45, 2.75) is 25.7 Å². The number of para-hydroxylation sites is 1. The number of hydrazone groups is 1. The zero-order valence-corrected chi connectivity index (χ0v) is 18.0. The van der Waals surface area contributed by atoms with Crippen LogP contribution >= 0.6 is 11.6 Å². The molecule has 31 heavy (non-hydrogen) atoms. The SMILES string of the molecule is C/C(=N\NC(=O)CCC(=O)Nc1ccccc1Cl)C(c1ccccc1)c1ccccc1. The third-order valence-electron chi connectivity index (χ3n) is 4.77. The summed E-state index contributed by atoms with van der Waals surface area (Å²) in [6.07, 6.45) is 0.0564. The van der Waals surface area contributed by atoms with Crippen molar-refractivity contribution in [1.82, 2.24) is 5.43 Å². The maximum atomic E-state index is 12.2. The first kappa shape index (κ1) is 22.2. The van der Waals surface area contributed by atoms with Crippen LogP contribution in [0.5, 0.6) is 0 Å². The zero-order valence-electron chi connectivity index (χ0n) is 17.2. The second kappa shape index (κ2) is 11.1. The van der Waals surface area contributed by atoms with Crippen LogP contribution in [0.25, 0.3) is 0 Å². The van der Waals surface area contributed by atoms with Gasteiger partial charge in [0, 0.05) is 24.5 Å². The first-order valence-corrected chi connectivity index (χ1v) is 10.4. The summed E-state index contributed by atoms with van der Waals surface area (Å²) in [7, 11) is 0. The summed E-state index contributed by atoms with van der Waals surface area (Å²) in [5.74, 6) is -0.685. The number of nitrogens with zero attached hydrogens (tertiary/aromatic N) is 1. The van der Waals surface area contributed by atoms with Gasteiger partial charge in [0.25, 0.3) is 0 Å². The summed E-state index contributed by atoms with van der Waals surface area (Å²) >= 11 is 6.03. The van der Waals surface area contributed by atoms with Crippen molar-refractivity contribution in [2.75, 3.05) is 5.32 Å². The van der Waals surface area contributed by atoms with Crippen LogP contribution in [0.1, 0.15) is 36.8 Å². The van der Waals surface area contributed by atoms with Crippen molar-refractivity contribution in [1.29, 1.82) is 0 Å². The fourth-order valence-electron chi connectivity index (χ4n) is 3.24. The molecule has 2 N–H and O–H groups in total. The van der Waals surface area contributed by atoms with E-state index < -0.39 is 0 Å². The summed E-state index contributed by atoms with van der Waals surface area (Å²) in [4.78, 5) is 24.3. The zero-order chi connectivity index (χ0) is 22.1. The molecule has 0 aliphatic heterocycles. The Morgan fingerprint density at radius 1 is 0.806 bits per heavy atom. The smallest absolute Gasteiger partial charge is 0.240 e. The van der Waals surface area contributed by atoms with Crippen molar-refractivity contribution in [3.05, 3.63) is 101 Å². The fourth-order valence-corrected chi connectivity index (χ4v) is 3.42. The minimum Gasteiger partial charge on any atom is -0.325 e. The number of hydrogen-bond donors (Lipinski definition) is 2. The molecular formula is C25H24ClN3O2. The van der Waals surface area contributed by atoms with Gasteiger partial charge in [0.2, 0.25) is 11.8 Å². The average Bonchev–Trinajstić information content (AvgIpc) is 2.79. The Bertz CT molecular complexity index is 1010. The largest absolute Gasteiger partial charge is 0.325 e. The molecule has 0 saturated carbocycles. The molecule has 0 fully saturated rings. The lowest BCUT2D eigenvalue weighted by Gasteiger charge is -2.18. The molecule has 0 saturated heterocycles. The molecule has 5 nitrogen and oxygen atoms in total. The Morgan fingerprint density at radius 3 is 1.90 bits per heavy atom. The number of carbonyl (C=O) groups excluding carboxylic acids is 2. The van der Waals surface area contributed by atoms with E-state index in [1.54, 1.807) is 24.3 Å². The molecule has 0 bridgehead atoms. The van der Waals surface area contributed by atoms with E-state index >= 15 is 0 Å². The molecule has 158 valence electrons. The lowest BCUT2D eigenvalue weighted by molar-refractivity contribution is -0.124. The van der Waals surface area contributed by atoms with Gasteiger partial charge in [-0.3, -0.25) is 9.59 Å². The van der Waals surface area contributed by atoms with E-state index in [0.717, 1.165) is 16.8 Å². The van der Waals surface area contributed by atoms with Gasteiger partial charge < -0.3 is 5.32 Å². The van der Waals surface area contributed by atoms with Crippen molar-refractivity contribution in [3.8, 4) is 0 Å². The van der Waals surface area contributed by atoms with Crippen LogP contribution in [0.4, 0.5) is 5.69 Å². The normalized spacial score (nSPS) is 11.3. The molecule has 0 heterocycles. The number of amides is 2. The van der Waals surface area contributed by atoms with E-state index in [2.05, 4.69) is 15.8 Å². The van der Waals surface area contributed by atoms with E-state index in [9.17, 15) is 9.59 Å². The molecule has 6 heteroatoms. The van der Waals surface area contributed by atoms with Gasteiger partial charge in [0.05, 0.1) is 10.7 Å². The highest BCUT2D eigenvalue weighted by Gasteiger charge is 2.17. The maximum Gasteiger partial charge on any atom is 0.240 e. The number of rotatable bonds is 8.